The van der Waals surface area contributed by atoms with Crippen LogP contribution in [-0.2, 0) is 11.3 Å². The molecule has 5 N–H and O–H groups in total. The summed E-state index contributed by atoms with van der Waals surface area (Å²) < 4.78 is 11.3. The Bertz CT molecular complexity index is 1010. The molecule has 0 spiro atoms. The standard InChI is InChI=1S/C26H36N4O4.ClH/c1-16(2)14-34-26(32)29-13-20-19(18-5-4-10-28-12-18)11-21(30-25(20)27)24-22(31)6-3-7-23(24)33-15-17-8-9-17;/h3,6-7,11,16-18,28,31H,4-5,8-10,12-15H2,1-2H3,(H2,27,30)(H,29,32);1H. The zero-order valence-corrected chi connectivity index (χ0v) is 21.3. The minimum absolute atomic E-state index is 0. The van der Waals surface area contributed by atoms with Gasteiger partial charge in [-0.15, -0.1) is 12.4 Å². The van der Waals surface area contributed by atoms with Gasteiger partial charge in [0.15, 0.2) is 0 Å². The Morgan fingerprint density at radius 1 is 1.31 bits per heavy atom. The van der Waals surface area contributed by atoms with Crippen LogP contribution in [0.1, 0.15) is 56.6 Å². The number of rotatable bonds is 9. The van der Waals surface area contributed by atoms with Gasteiger partial charge in [0.05, 0.1) is 31.0 Å². The Labute approximate surface area is 213 Å². The summed E-state index contributed by atoms with van der Waals surface area (Å²) in [6.07, 6.45) is 3.95. The number of phenolic OH excluding ortho intramolecular Hbond substituents is 1. The number of pyridine rings is 1. The molecule has 1 aliphatic heterocycles. The second-order valence-corrected chi connectivity index (χ2v) is 9.75. The highest BCUT2D eigenvalue weighted by Crippen LogP contribution is 2.41. The molecule has 1 saturated carbocycles. The zero-order chi connectivity index (χ0) is 24.1. The molecule has 0 bridgehead atoms. The minimum atomic E-state index is -0.471. The lowest BCUT2D eigenvalue weighted by molar-refractivity contribution is 0.132. The van der Waals surface area contributed by atoms with Crippen LogP contribution in [0.15, 0.2) is 24.3 Å². The lowest BCUT2D eigenvalue weighted by Gasteiger charge is -2.27. The molecule has 2 heterocycles. The Morgan fingerprint density at radius 2 is 2.11 bits per heavy atom. The first-order valence-electron chi connectivity index (χ1n) is 12.3. The fourth-order valence-corrected chi connectivity index (χ4v) is 4.26. The maximum absolute atomic E-state index is 12.2. The Balaban J connectivity index is 0.00000342. The van der Waals surface area contributed by atoms with Crippen molar-refractivity contribution in [3.8, 4) is 22.8 Å². The van der Waals surface area contributed by atoms with Gasteiger partial charge in [0, 0.05) is 12.1 Å². The third kappa shape index (κ3) is 7.15. The third-order valence-corrected chi connectivity index (χ3v) is 6.32. The van der Waals surface area contributed by atoms with Gasteiger partial charge in [-0.3, -0.25) is 0 Å². The Hall–Kier alpha value is -2.71. The van der Waals surface area contributed by atoms with E-state index in [9.17, 15) is 9.90 Å². The van der Waals surface area contributed by atoms with E-state index in [1.807, 2.05) is 26.0 Å². The van der Waals surface area contributed by atoms with Gasteiger partial charge in [0.25, 0.3) is 0 Å². The molecule has 1 amide bonds. The smallest absolute Gasteiger partial charge is 0.407 e. The highest BCUT2D eigenvalue weighted by atomic mass is 35.5. The lowest BCUT2D eigenvalue weighted by atomic mass is 9.87. The number of amides is 1. The van der Waals surface area contributed by atoms with Gasteiger partial charge in [0.2, 0.25) is 0 Å². The van der Waals surface area contributed by atoms with E-state index in [2.05, 4.69) is 15.6 Å². The molecule has 1 unspecified atom stereocenters. The van der Waals surface area contributed by atoms with Crippen LogP contribution in [0.2, 0.25) is 0 Å². The first kappa shape index (κ1) is 26.9. The number of aromatic nitrogens is 1. The highest BCUT2D eigenvalue weighted by molar-refractivity contribution is 5.85. The van der Waals surface area contributed by atoms with Crippen LogP contribution in [0.3, 0.4) is 0 Å². The SMILES string of the molecule is CC(C)COC(=O)NCc1c(C2CCCNC2)cc(-c2c(O)cccc2OCC2CC2)nc1N.Cl. The molecule has 35 heavy (non-hydrogen) atoms. The summed E-state index contributed by atoms with van der Waals surface area (Å²) in [6, 6.07) is 7.26. The van der Waals surface area contributed by atoms with Crippen molar-refractivity contribution in [2.45, 2.75) is 52.0 Å². The van der Waals surface area contributed by atoms with Gasteiger partial charge in [-0.25, -0.2) is 9.78 Å². The number of hydrogen-bond donors (Lipinski definition) is 4. The summed E-state index contributed by atoms with van der Waals surface area (Å²) in [4.78, 5) is 16.8. The number of nitrogens with zero attached hydrogens (tertiary/aromatic N) is 1. The average molecular weight is 505 g/mol. The van der Waals surface area contributed by atoms with Crippen LogP contribution < -0.4 is 21.1 Å². The first-order valence-corrected chi connectivity index (χ1v) is 12.3. The van der Waals surface area contributed by atoms with Crippen molar-refractivity contribution in [1.82, 2.24) is 15.6 Å². The number of carbonyl (C=O) groups is 1. The largest absolute Gasteiger partial charge is 0.507 e. The number of hydrogen-bond acceptors (Lipinski definition) is 7. The summed E-state index contributed by atoms with van der Waals surface area (Å²) in [5.74, 6) is 2.11. The number of phenols is 1. The summed E-state index contributed by atoms with van der Waals surface area (Å²) in [5.41, 5.74) is 9.40. The van der Waals surface area contributed by atoms with Crippen molar-refractivity contribution >= 4 is 24.3 Å². The quantitative estimate of drug-likeness (QED) is 0.394. The maximum Gasteiger partial charge on any atom is 0.407 e. The Morgan fingerprint density at radius 3 is 2.80 bits per heavy atom. The molecule has 1 aromatic carbocycles. The van der Waals surface area contributed by atoms with E-state index in [1.54, 1.807) is 12.1 Å². The molecule has 2 fully saturated rings. The monoisotopic (exact) mass is 504 g/mol. The van der Waals surface area contributed by atoms with Gasteiger partial charge in [-0.1, -0.05) is 19.9 Å². The number of nitrogens with two attached hydrogens (primary N) is 1. The topological polar surface area (TPSA) is 119 Å². The molecule has 4 rings (SSSR count). The Kier molecular flexibility index (Phi) is 9.46. The number of nitrogens with one attached hydrogen (secondary N) is 2. The molecule has 2 aliphatic rings. The van der Waals surface area contributed by atoms with Crippen LogP contribution in [0.5, 0.6) is 11.5 Å². The fraction of sp³-hybridized carbons (Fsp3) is 0.538. The number of alkyl carbamates (subject to hydrolysis) is 1. The molecule has 8 nitrogen and oxygen atoms in total. The molecule has 0 radical (unpaired) electrons. The molecule has 2 aromatic rings. The molecule has 9 heteroatoms. The van der Waals surface area contributed by atoms with E-state index in [4.69, 9.17) is 15.2 Å². The molecular formula is C26H37ClN4O4. The molecule has 1 atom stereocenters. The number of piperidine rings is 1. The van der Waals surface area contributed by atoms with Gasteiger partial charge < -0.3 is 30.9 Å². The summed E-state index contributed by atoms with van der Waals surface area (Å²) in [5, 5.41) is 17.0. The predicted molar refractivity (Wildman–Crippen MR) is 139 cm³/mol. The van der Waals surface area contributed by atoms with E-state index in [1.165, 1.54) is 12.8 Å². The van der Waals surface area contributed by atoms with E-state index < -0.39 is 6.09 Å². The third-order valence-electron chi connectivity index (χ3n) is 6.32. The van der Waals surface area contributed by atoms with Crippen LogP contribution in [0.4, 0.5) is 10.6 Å². The van der Waals surface area contributed by atoms with Crippen LogP contribution >= 0.6 is 12.4 Å². The van der Waals surface area contributed by atoms with Crippen molar-refractivity contribution in [1.29, 1.82) is 0 Å². The van der Waals surface area contributed by atoms with Gasteiger partial charge in [-0.05, 0) is 73.7 Å². The van der Waals surface area contributed by atoms with Gasteiger partial charge in [-0.2, -0.15) is 0 Å². The number of anilines is 1. The fourth-order valence-electron chi connectivity index (χ4n) is 4.26. The molecular weight excluding hydrogens is 468 g/mol. The molecule has 1 aliphatic carbocycles. The van der Waals surface area contributed by atoms with Crippen LogP contribution in [0, 0.1) is 11.8 Å². The summed E-state index contributed by atoms with van der Waals surface area (Å²) in [7, 11) is 0. The molecule has 1 aromatic heterocycles. The second kappa shape index (κ2) is 12.3. The summed E-state index contributed by atoms with van der Waals surface area (Å²) >= 11 is 0. The number of nitrogen functional groups attached to an aromatic ring is 1. The first-order chi connectivity index (χ1) is 16.4. The van der Waals surface area contributed by atoms with Crippen molar-refractivity contribution < 1.29 is 19.4 Å². The normalized spacial score (nSPS) is 17.5. The number of carbonyl (C=O) groups excluding carboxylic acids is 1. The van der Waals surface area contributed by atoms with Crippen molar-refractivity contribution in [2.24, 2.45) is 11.8 Å². The number of aromatic hydroxyl groups is 1. The van der Waals surface area contributed by atoms with Crippen LogP contribution in [-0.4, -0.2) is 42.5 Å². The number of ether oxygens (including phenoxy) is 2. The highest BCUT2D eigenvalue weighted by Gasteiger charge is 2.26. The van der Waals surface area contributed by atoms with E-state index in [-0.39, 0.29) is 36.5 Å². The number of halogens is 1. The zero-order valence-electron chi connectivity index (χ0n) is 20.5. The van der Waals surface area contributed by atoms with Crippen LogP contribution in [0.25, 0.3) is 11.3 Å². The number of benzene rings is 1. The lowest BCUT2D eigenvalue weighted by Crippen LogP contribution is -2.31. The maximum atomic E-state index is 12.2. The van der Waals surface area contributed by atoms with Gasteiger partial charge in [0.1, 0.15) is 17.3 Å². The van der Waals surface area contributed by atoms with Crippen molar-refractivity contribution in [3.63, 3.8) is 0 Å². The van der Waals surface area contributed by atoms with Gasteiger partial charge >= 0.3 is 6.09 Å². The van der Waals surface area contributed by atoms with Crippen molar-refractivity contribution in [3.05, 3.63) is 35.4 Å². The predicted octanol–water partition coefficient (Wildman–Crippen LogP) is 4.60. The van der Waals surface area contributed by atoms with E-state index in [0.717, 1.165) is 37.1 Å². The minimum Gasteiger partial charge on any atom is -0.507 e. The van der Waals surface area contributed by atoms with Crippen molar-refractivity contribution in [2.75, 3.05) is 32.0 Å². The van der Waals surface area contributed by atoms with E-state index >= 15 is 0 Å². The summed E-state index contributed by atoms with van der Waals surface area (Å²) in [6.45, 7) is 7.00. The molecule has 192 valence electrons. The van der Waals surface area contributed by atoms with E-state index in [0.29, 0.717) is 42.0 Å². The average Bonchev–Trinajstić information content (AvgIpc) is 3.65. The molecule has 1 saturated heterocycles. The second-order valence-electron chi connectivity index (χ2n) is 9.75.